The first-order valence-electron chi connectivity index (χ1n) is 11.7. The number of benzene rings is 1. The van der Waals surface area contributed by atoms with Crippen molar-refractivity contribution in [2.45, 2.75) is 52.0 Å². The van der Waals surface area contributed by atoms with Gasteiger partial charge >= 0.3 is 5.97 Å². The van der Waals surface area contributed by atoms with Crippen LogP contribution in [0.25, 0.3) is 6.08 Å². The first-order valence-corrected chi connectivity index (χ1v) is 12.4. The van der Waals surface area contributed by atoms with Crippen LogP contribution in [0.15, 0.2) is 30.3 Å². The molecule has 0 N–H and O–H groups in total. The van der Waals surface area contributed by atoms with E-state index in [4.69, 9.17) is 27.9 Å². The minimum Gasteiger partial charge on any atom is -0.455 e. The molecule has 6 rings (SSSR count). The Hall–Kier alpha value is -2.11. The Bertz CT molecular complexity index is 1090. The van der Waals surface area contributed by atoms with E-state index < -0.39 is 5.97 Å². The third-order valence-corrected chi connectivity index (χ3v) is 8.52. The summed E-state index contributed by atoms with van der Waals surface area (Å²) in [6.07, 6.45) is 9.69. The van der Waals surface area contributed by atoms with Gasteiger partial charge < -0.3 is 4.74 Å². The first kappa shape index (κ1) is 22.7. The summed E-state index contributed by atoms with van der Waals surface area (Å²) in [5.41, 5.74) is 1.99. The highest BCUT2D eigenvalue weighted by atomic mass is 35.5. The van der Waals surface area contributed by atoms with Gasteiger partial charge in [-0.2, -0.15) is 5.10 Å². The van der Waals surface area contributed by atoms with E-state index in [1.165, 1.54) is 25.3 Å². The van der Waals surface area contributed by atoms with Crippen LogP contribution in [0.3, 0.4) is 0 Å². The molecule has 0 atom stereocenters. The smallest absolute Gasteiger partial charge is 0.331 e. The molecule has 4 aliphatic carbocycles. The molecule has 2 aromatic rings. The van der Waals surface area contributed by atoms with E-state index in [1.807, 2.05) is 31.2 Å². The number of carbonyl (C=O) groups is 2. The number of nitrogens with zero attached hydrogens (tertiary/aromatic N) is 2. The fourth-order valence-electron chi connectivity index (χ4n) is 6.59. The van der Waals surface area contributed by atoms with Gasteiger partial charge in [-0.3, -0.25) is 4.79 Å². The van der Waals surface area contributed by atoms with E-state index in [2.05, 4.69) is 5.10 Å². The molecule has 0 unspecified atom stereocenters. The second kappa shape index (κ2) is 8.92. The molecule has 0 saturated heterocycles. The van der Waals surface area contributed by atoms with Gasteiger partial charge in [0.2, 0.25) is 0 Å². The fourth-order valence-corrected chi connectivity index (χ4v) is 7.08. The van der Waals surface area contributed by atoms with Crippen LogP contribution in [0, 0.1) is 30.1 Å². The second-order valence-electron chi connectivity index (χ2n) is 10.1. The van der Waals surface area contributed by atoms with Gasteiger partial charge in [-0.05, 0) is 80.9 Å². The van der Waals surface area contributed by atoms with Crippen molar-refractivity contribution < 1.29 is 14.3 Å². The van der Waals surface area contributed by atoms with Gasteiger partial charge in [0.25, 0.3) is 0 Å². The molecule has 0 radical (unpaired) electrons. The van der Waals surface area contributed by atoms with Gasteiger partial charge in [0, 0.05) is 22.1 Å². The molecule has 33 heavy (non-hydrogen) atoms. The van der Waals surface area contributed by atoms with Crippen molar-refractivity contribution >= 4 is 41.0 Å². The van der Waals surface area contributed by atoms with Crippen LogP contribution >= 0.6 is 23.2 Å². The number of aryl methyl sites for hydroxylation is 1. The highest BCUT2D eigenvalue weighted by Crippen LogP contribution is 2.60. The fraction of sp³-hybridized carbons (Fsp3) is 0.500. The maximum Gasteiger partial charge on any atom is 0.331 e. The van der Waals surface area contributed by atoms with Gasteiger partial charge in [0.15, 0.2) is 12.4 Å². The molecule has 0 aliphatic heterocycles. The second-order valence-corrected chi connectivity index (χ2v) is 10.9. The lowest BCUT2D eigenvalue weighted by atomic mass is 9.48. The summed E-state index contributed by atoms with van der Waals surface area (Å²) in [5.74, 6) is 1.61. The maximum absolute atomic E-state index is 13.0. The number of carbonyl (C=O) groups excluding carboxylic acids is 2. The Morgan fingerprint density at radius 1 is 1.12 bits per heavy atom. The van der Waals surface area contributed by atoms with Gasteiger partial charge in [0.05, 0.1) is 12.2 Å². The van der Waals surface area contributed by atoms with Crippen LogP contribution < -0.4 is 0 Å². The van der Waals surface area contributed by atoms with Crippen molar-refractivity contribution in [3.05, 3.63) is 57.3 Å². The minimum atomic E-state index is -0.539. The monoisotopic (exact) mass is 486 g/mol. The van der Waals surface area contributed by atoms with Crippen molar-refractivity contribution in [3.63, 3.8) is 0 Å². The molecule has 0 amide bonds. The lowest BCUT2D eigenvalue weighted by Crippen LogP contribution is -2.51. The quantitative estimate of drug-likeness (QED) is 0.361. The molecule has 1 aromatic heterocycles. The van der Waals surface area contributed by atoms with Crippen LogP contribution in [-0.2, 0) is 20.9 Å². The molecule has 1 aromatic carbocycles. The molecule has 7 heteroatoms. The van der Waals surface area contributed by atoms with E-state index in [9.17, 15) is 9.59 Å². The van der Waals surface area contributed by atoms with Crippen LogP contribution in [0.4, 0.5) is 0 Å². The number of hydrogen-bond acceptors (Lipinski definition) is 4. The summed E-state index contributed by atoms with van der Waals surface area (Å²) in [6.45, 7) is 2.11. The standard InChI is InChI=1S/C26H28Cl2N2O3/c1-16-21(25(28)30(29-16)14-20-4-2-3-5-22(20)27)6-7-24(32)33-15-23(31)26-11-17-8-18(12-26)10-19(9-17)13-26/h2-7,17-19H,8-15H2,1H3/b7-6+. The SMILES string of the molecule is Cc1nn(Cc2ccccc2Cl)c(Cl)c1/C=C/C(=O)OCC(=O)C12CC3CC(CC(C3)C1)C2. The lowest BCUT2D eigenvalue weighted by molar-refractivity contribution is -0.155. The molecule has 1 heterocycles. The van der Waals surface area contributed by atoms with Crippen molar-refractivity contribution in [1.29, 1.82) is 0 Å². The number of esters is 1. The zero-order chi connectivity index (χ0) is 23.2. The van der Waals surface area contributed by atoms with Gasteiger partial charge in [-0.25, -0.2) is 9.48 Å². The number of ketones is 1. The number of hydrogen-bond donors (Lipinski definition) is 0. The predicted octanol–water partition coefficient (Wildman–Crippen LogP) is 5.89. The number of ether oxygens (including phenoxy) is 1. The molecule has 4 fully saturated rings. The molecule has 5 nitrogen and oxygen atoms in total. The highest BCUT2D eigenvalue weighted by molar-refractivity contribution is 6.32. The summed E-state index contributed by atoms with van der Waals surface area (Å²) >= 11 is 12.8. The van der Waals surface area contributed by atoms with Crippen LogP contribution in [0.1, 0.15) is 55.3 Å². The zero-order valence-electron chi connectivity index (χ0n) is 18.7. The van der Waals surface area contributed by atoms with Gasteiger partial charge in [0.1, 0.15) is 5.15 Å². The van der Waals surface area contributed by atoms with Crippen molar-refractivity contribution in [2.24, 2.45) is 23.2 Å². The summed E-state index contributed by atoms with van der Waals surface area (Å²) < 4.78 is 7.00. The molecular weight excluding hydrogens is 459 g/mol. The number of rotatable bonds is 7. The normalized spacial score (nSPS) is 27.9. The Morgan fingerprint density at radius 2 is 1.76 bits per heavy atom. The lowest BCUT2D eigenvalue weighted by Gasteiger charge is -2.55. The summed E-state index contributed by atoms with van der Waals surface area (Å²) in [4.78, 5) is 25.4. The molecule has 0 spiro atoms. The Morgan fingerprint density at radius 3 is 2.39 bits per heavy atom. The average molecular weight is 487 g/mol. The van der Waals surface area contributed by atoms with Crippen LogP contribution in [0.5, 0.6) is 0 Å². The van der Waals surface area contributed by atoms with Gasteiger partial charge in [-0.15, -0.1) is 0 Å². The van der Waals surface area contributed by atoms with Crippen molar-refractivity contribution in [2.75, 3.05) is 6.61 Å². The molecule has 4 bridgehead atoms. The Balaban J connectivity index is 1.20. The maximum atomic E-state index is 13.0. The number of Topliss-reactive ketones (excluding diaryl/α,β-unsaturated/α-hetero) is 1. The Kier molecular flexibility index (Phi) is 6.13. The largest absolute Gasteiger partial charge is 0.455 e. The van der Waals surface area contributed by atoms with Gasteiger partial charge in [-0.1, -0.05) is 41.4 Å². The van der Waals surface area contributed by atoms with Crippen LogP contribution in [-0.4, -0.2) is 28.1 Å². The summed E-state index contributed by atoms with van der Waals surface area (Å²) in [7, 11) is 0. The molecule has 174 valence electrons. The summed E-state index contributed by atoms with van der Waals surface area (Å²) in [5, 5.41) is 5.54. The predicted molar refractivity (Wildman–Crippen MR) is 128 cm³/mol. The first-order chi connectivity index (χ1) is 15.8. The van der Waals surface area contributed by atoms with Crippen LogP contribution in [0.2, 0.25) is 10.2 Å². The topological polar surface area (TPSA) is 61.2 Å². The van der Waals surface area contributed by atoms with E-state index in [0.29, 0.717) is 45.7 Å². The minimum absolute atomic E-state index is 0.102. The van der Waals surface area contributed by atoms with E-state index in [1.54, 1.807) is 10.8 Å². The number of aromatic nitrogens is 2. The van der Waals surface area contributed by atoms with E-state index in [-0.39, 0.29) is 17.8 Å². The third kappa shape index (κ3) is 4.50. The van der Waals surface area contributed by atoms with Crippen molar-refractivity contribution in [1.82, 2.24) is 9.78 Å². The molecule has 4 saturated carbocycles. The van der Waals surface area contributed by atoms with Crippen molar-refractivity contribution in [3.8, 4) is 0 Å². The third-order valence-electron chi connectivity index (χ3n) is 7.75. The zero-order valence-corrected chi connectivity index (χ0v) is 20.2. The average Bonchev–Trinajstić information content (AvgIpc) is 3.03. The highest BCUT2D eigenvalue weighted by Gasteiger charge is 2.54. The molecular formula is C26H28Cl2N2O3. The molecule has 4 aliphatic rings. The summed E-state index contributed by atoms with van der Waals surface area (Å²) in [6, 6.07) is 7.52. The van der Waals surface area contributed by atoms with E-state index >= 15 is 0 Å². The number of halogens is 2. The Labute approximate surface area is 204 Å². The van der Waals surface area contributed by atoms with E-state index in [0.717, 1.165) is 24.8 Å².